The van der Waals surface area contributed by atoms with Gasteiger partial charge >= 0.3 is 0 Å². The fourth-order valence-electron chi connectivity index (χ4n) is 5.05. The number of rotatable bonds is 8. The van der Waals surface area contributed by atoms with E-state index in [1.54, 1.807) is 40.5 Å². The Morgan fingerprint density at radius 2 is 1.95 bits per heavy atom. The Bertz CT molecular complexity index is 1410. The zero-order valence-corrected chi connectivity index (χ0v) is 24.0. The molecular weight excluding hydrogens is 567 g/mol. The number of benzene rings is 2. The number of ether oxygens (including phenoxy) is 2. The lowest BCUT2D eigenvalue weighted by Gasteiger charge is -2.38. The maximum Gasteiger partial charge on any atom is 0.243 e. The van der Waals surface area contributed by atoms with Crippen molar-refractivity contribution in [2.45, 2.75) is 36.3 Å². The maximum atomic E-state index is 13.9. The summed E-state index contributed by atoms with van der Waals surface area (Å²) < 4.78 is 39.7. The SMILES string of the molecule is COc1ccc(S(=O)(=O)N(CC(=O)N2CCc3sccc3C2c2ccc(Cl)cc2Cl)CC2CCCO2)cc1. The molecule has 1 amide bonds. The van der Waals surface area contributed by atoms with Crippen LogP contribution in [0.2, 0.25) is 10.0 Å². The van der Waals surface area contributed by atoms with Crippen LogP contribution in [0.5, 0.6) is 5.75 Å². The third kappa shape index (κ3) is 5.59. The molecule has 38 heavy (non-hydrogen) atoms. The highest BCUT2D eigenvalue weighted by Gasteiger charge is 2.37. The lowest BCUT2D eigenvalue weighted by molar-refractivity contribution is -0.133. The molecule has 1 aromatic heterocycles. The van der Waals surface area contributed by atoms with Crippen molar-refractivity contribution < 1.29 is 22.7 Å². The minimum atomic E-state index is -3.98. The van der Waals surface area contributed by atoms with E-state index in [0.717, 1.165) is 24.0 Å². The molecule has 1 saturated heterocycles. The van der Waals surface area contributed by atoms with Gasteiger partial charge in [-0.15, -0.1) is 11.3 Å². The summed E-state index contributed by atoms with van der Waals surface area (Å²) in [6, 6.07) is 13.0. The van der Waals surface area contributed by atoms with Crippen LogP contribution in [0.1, 0.15) is 34.9 Å². The van der Waals surface area contributed by atoms with Gasteiger partial charge in [-0.05, 0) is 78.2 Å². The third-order valence-corrected chi connectivity index (χ3v) is 10.4. The summed E-state index contributed by atoms with van der Waals surface area (Å²) in [5.41, 5.74) is 1.76. The quantitative estimate of drug-likeness (QED) is 0.348. The molecule has 0 bridgehead atoms. The molecule has 2 atom stereocenters. The van der Waals surface area contributed by atoms with Crippen molar-refractivity contribution in [3.05, 3.63) is 80.0 Å². The molecule has 2 aliphatic rings. The first-order chi connectivity index (χ1) is 18.3. The fraction of sp³-hybridized carbons (Fsp3) is 0.370. The van der Waals surface area contributed by atoms with Crippen LogP contribution in [0.25, 0.3) is 0 Å². The maximum absolute atomic E-state index is 13.9. The Morgan fingerprint density at radius 1 is 1.16 bits per heavy atom. The monoisotopic (exact) mass is 594 g/mol. The van der Waals surface area contributed by atoms with Crippen molar-refractivity contribution in [2.24, 2.45) is 0 Å². The highest BCUT2D eigenvalue weighted by molar-refractivity contribution is 7.89. The van der Waals surface area contributed by atoms with Gasteiger partial charge in [-0.3, -0.25) is 4.79 Å². The Morgan fingerprint density at radius 3 is 2.63 bits per heavy atom. The van der Waals surface area contributed by atoms with E-state index < -0.39 is 16.1 Å². The van der Waals surface area contributed by atoms with Crippen LogP contribution in [0.15, 0.2) is 58.8 Å². The van der Waals surface area contributed by atoms with Gasteiger partial charge in [0.1, 0.15) is 5.75 Å². The second kappa shape index (κ2) is 11.5. The van der Waals surface area contributed by atoms with Gasteiger partial charge in [0, 0.05) is 34.6 Å². The van der Waals surface area contributed by atoms with Crippen molar-refractivity contribution in [3.63, 3.8) is 0 Å². The molecule has 0 aliphatic carbocycles. The highest BCUT2D eigenvalue weighted by atomic mass is 35.5. The average molecular weight is 596 g/mol. The molecular formula is C27H28Cl2N2O5S2. The minimum absolute atomic E-state index is 0.0974. The predicted octanol–water partition coefficient (Wildman–Crippen LogP) is 5.41. The van der Waals surface area contributed by atoms with Crippen LogP contribution in [0.3, 0.4) is 0 Å². The summed E-state index contributed by atoms with van der Waals surface area (Å²) in [5.74, 6) is 0.251. The molecule has 11 heteroatoms. The first-order valence-electron chi connectivity index (χ1n) is 12.3. The molecule has 0 spiro atoms. The van der Waals surface area contributed by atoms with Gasteiger partial charge in [-0.25, -0.2) is 8.42 Å². The predicted molar refractivity (Wildman–Crippen MR) is 149 cm³/mol. The van der Waals surface area contributed by atoms with Crippen LogP contribution in [-0.4, -0.2) is 63.0 Å². The normalized spacial score (nSPS) is 19.5. The van der Waals surface area contributed by atoms with Gasteiger partial charge in [-0.2, -0.15) is 4.31 Å². The molecule has 0 radical (unpaired) electrons. The number of hydrogen-bond donors (Lipinski definition) is 0. The van der Waals surface area contributed by atoms with E-state index in [1.807, 2.05) is 17.5 Å². The number of halogens is 2. The summed E-state index contributed by atoms with van der Waals surface area (Å²) >= 11 is 14.4. The van der Waals surface area contributed by atoms with Crippen molar-refractivity contribution >= 4 is 50.5 Å². The van der Waals surface area contributed by atoms with E-state index in [9.17, 15) is 13.2 Å². The number of nitrogens with zero attached hydrogens (tertiary/aromatic N) is 2. The third-order valence-electron chi connectivity index (χ3n) is 6.98. The van der Waals surface area contributed by atoms with Crippen LogP contribution in [0, 0.1) is 0 Å². The molecule has 1 fully saturated rings. The number of hydrogen-bond acceptors (Lipinski definition) is 6. The smallest absolute Gasteiger partial charge is 0.243 e. The molecule has 2 unspecified atom stereocenters. The van der Waals surface area contributed by atoms with Gasteiger partial charge in [0.2, 0.25) is 15.9 Å². The standard InChI is InChI=1S/C27H28Cl2N2O5S2/c1-35-19-5-7-21(8-6-19)38(33,34)30(16-20-3-2-13-36-20)17-26(32)31-12-10-25-23(11-14-37-25)27(31)22-9-4-18(28)15-24(22)29/h4-9,11,14-15,20,27H,2-3,10,12-13,16-17H2,1H3. The summed E-state index contributed by atoms with van der Waals surface area (Å²) in [5, 5.41) is 2.97. The Balaban J connectivity index is 1.47. The van der Waals surface area contributed by atoms with E-state index in [-0.39, 0.29) is 30.0 Å². The highest BCUT2D eigenvalue weighted by Crippen LogP contribution is 2.41. The number of sulfonamides is 1. The molecule has 7 nitrogen and oxygen atoms in total. The molecule has 202 valence electrons. The van der Waals surface area contributed by atoms with Crippen LogP contribution >= 0.6 is 34.5 Å². The number of amides is 1. The van der Waals surface area contributed by atoms with Crippen molar-refractivity contribution in [1.82, 2.24) is 9.21 Å². The summed E-state index contributed by atoms with van der Waals surface area (Å²) in [4.78, 5) is 17.0. The summed E-state index contributed by atoms with van der Waals surface area (Å²) in [6.45, 7) is 0.824. The van der Waals surface area contributed by atoms with Crippen LogP contribution < -0.4 is 4.74 Å². The van der Waals surface area contributed by atoms with E-state index in [1.165, 1.54) is 28.4 Å². The minimum Gasteiger partial charge on any atom is -0.497 e. The zero-order valence-electron chi connectivity index (χ0n) is 20.8. The lowest BCUT2D eigenvalue weighted by atomic mass is 9.93. The fourth-order valence-corrected chi connectivity index (χ4v) is 7.88. The number of fused-ring (bicyclic) bond motifs is 1. The molecule has 0 N–H and O–H groups in total. The topological polar surface area (TPSA) is 76.2 Å². The number of thiophene rings is 1. The van der Waals surface area contributed by atoms with E-state index >= 15 is 0 Å². The molecule has 5 rings (SSSR count). The molecule has 3 aromatic rings. The van der Waals surface area contributed by atoms with Crippen molar-refractivity contribution in [3.8, 4) is 5.75 Å². The Hall–Kier alpha value is -2.14. The lowest BCUT2D eigenvalue weighted by Crippen LogP contribution is -2.48. The van der Waals surface area contributed by atoms with Gasteiger partial charge in [0.05, 0.1) is 30.7 Å². The summed E-state index contributed by atoms with van der Waals surface area (Å²) in [6.07, 6.45) is 2.03. The first kappa shape index (κ1) is 27.4. The van der Waals surface area contributed by atoms with Gasteiger partial charge < -0.3 is 14.4 Å². The second-order valence-corrected chi connectivity index (χ2v) is 13.1. The molecule has 0 saturated carbocycles. The van der Waals surface area contributed by atoms with Gasteiger partial charge in [0.25, 0.3) is 0 Å². The number of carbonyl (C=O) groups excluding carboxylic acids is 1. The molecule has 2 aliphatic heterocycles. The van der Waals surface area contributed by atoms with Crippen LogP contribution in [-0.2, 0) is 26.0 Å². The van der Waals surface area contributed by atoms with Gasteiger partial charge in [-0.1, -0.05) is 29.3 Å². The number of carbonyl (C=O) groups is 1. The average Bonchev–Trinajstić information content (AvgIpc) is 3.60. The van der Waals surface area contributed by atoms with Crippen molar-refractivity contribution in [1.29, 1.82) is 0 Å². The van der Waals surface area contributed by atoms with Crippen molar-refractivity contribution in [2.75, 3.05) is 33.4 Å². The first-order valence-corrected chi connectivity index (χ1v) is 15.4. The Kier molecular flexibility index (Phi) is 8.33. The van der Waals surface area contributed by atoms with E-state index in [2.05, 4.69) is 0 Å². The largest absolute Gasteiger partial charge is 0.497 e. The van der Waals surface area contributed by atoms with Gasteiger partial charge in [0.15, 0.2) is 0 Å². The van der Waals surface area contributed by atoms with E-state index in [0.29, 0.717) is 35.4 Å². The summed E-state index contributed by atoms with van der Waals surface area (Å²) in [7, 11) is -2.46. The second-order valence-electron chi connectivity index (χ2n) is 9.31. The number of methoxy groups -OCH3 is 1. The zero-order chi connectivity index (χ0) is 26.9. The Labute approximate surface area is 236 Å². The van der Waals surface area contributed by atoms with Crippen LogP contribution in [0.4, 0.5) is 0 Å². The van der Waals surface area contributed by atoms with E-state index in [4.69, 9.17) is 32.7 Å². The molecule has 3 heterocycles. The molecule has 2 aromatic carbocycles.